The standard InChI is InChI=1S/C30H38O6/c1-17-12-13-22-23(29(22,5)6)15-18(2)27(32)30(36-20(4)31)16-19(3)26(24(30)14-17)35-28(33)21-10-8-9-11-25(21)34-7/h8-11,14-15,19,22-24,26H,12-13,16H2,1-7H3/b17-14+,18-15+/t19-,22-,23+,24-,26-,30+/m0/s1. The lowest BCUT2D eigenvalue weighted by Gasteiger charge is -2.34. The third-order valence-corrected chi connectivity index (χ3v) is 8.60. The summed E-state index contributed by atoms with van der Waals surface area (Å²) in [6, 6.07) is 6.90. The number of ether oxygens (including phenoxy) is 3. The highest BCUT2D eigenvalue weighted by Gasteiger charge is 2.61. The predicted molar refractivity (Wildman–Crippen MR) is 136 cm³/mol. The fourth-order valence-corrected chi connectivity index (χ4v) is 6.55. The summed E-state index contributed by atoms with van der Waals surface area (Å²) in [6.45, 7) is 11.6. The van der Waals surface area contributed by atoms with Crippen molar-refractivity contribution in [3.8, 4) is 5.75 Å². The molecule has 0 saturated heterocycles. The lowest BCUT2D eigenvalue weighted by molar-refractivity contribution is -0.168. The number of benzene rings is 1. The summed E-state index contributed by atoms with van der Waals surface area (Å²) in [7, 11) is 1.51. The molecular formula is C30H38O6. The number of para-hydroxylation sites is 1. The van der Waals surface area contributed by atoms with Crippen molar-refractivity contribution in [1.29, 1.82) is 0 Å². The summed E-state index contributed by atoms with van der Waals surface area (Å²) < 4.78 is 17.4. The first-order valence-corrected chi connectivity index (χ1v) is 12.9. The van der Waals surface area contributed by atoms with Crippen LogP contribution < -0.4 is 4.74 Å². The fraction of sp³-hybridized carbons (Fsp3) is 0.567. The smallest absolute Gasteiger partial charge is 0.342 e. The number of Topliss-reactive ketones (excluding diaryl/α,β-unsaturated/α-hetero) is 1. The number of hydrogen-bond acceptors (Lipinski definition) is 6. The van der Waals surface area contributed by atoms with Crippen LogP contribution in [0.1, 0.15) is 71.2 Å². The quantitative estimate of drug-likeness (QED) is 0.394. The molecule has 4 rings (SSSR count). The highest BCUT2D eigenvalue weighted by Crippen LogP contribution is 2.62. The van der Waals surface area contributed by atoms with E-state index in [2.05, 4.69) is 19.9 Å². The molecule has 0 aromatic heterocycles. The summed E-state index contributed by atoms with van der Waals surface area (Å²) >= 11 is 0. The highest BCUT2D eigenvalue weighted by atomic mass is 16.6. The van der Waals surface area contributed by atoms with Crippen molar-refractivity contribution in [2.75, 3.05) is 7.11 Å². The third kappa shape index (κ3) is 4.51. The Kier molecular flexibility index (Phi) is 6.93. The molecule has 6 heteroatoms. The van der Waals surface area contributed by atoms with Gasteiger partial charge in [-0.3, -0.25) is 9.59 Å². The van der Waals surface area contributed by atoms with Gasteiger partial charge in [0.15, 0.2) is 5.60 Å². The van der Waals surface area contributed by atoms with E-state index in [0.717, 1.165) is 18.4 Å². The van der Waals surface area contributed by atoms with Gasteiger partial charge in [-0.05, 0) is 67.6 Å². The van der Waals surface area contributed by atoms with Gasteiger partial charge in [0.2, 0.25) is 5.78 Å². The predicted octanol–water partition coefficient (Wildman–Crippen LogP) is 5.71. The molecule has 0 N–H and O–H groups in total. The minimum Gasteiger partial charge on any atom is -0.496 e. The van der Waals surface area contributed by atoms with Crippen LogP contribution in [0, 0.1) is 29.1 Å². The molecule has 2 saturated carbocycles. The van der Waals surface area contributed by atoms with E-state index in [1.54, 1.807) is 24.3 Å². The van der Waals surface area contributed by atoms with Crippen LogP contribution >= 0.6 is 0 Å². The van der Waals surface area contributed by atoms with Gasteiger partial charge >= 0.3 is 11.9 Å². The van der Waals surface area contributed by atoms with Crippen molar-refractivity contribution < 1.29 is 28.6 Å². The lowest BCUT2D eigenvalue weighted by atomic mass is 9.81. The number of allylic oxidation sites excluding steroid dienone is 2. The number of carbonyl (C=O) groups excluding carboxylic acids is 3. The molecule has 194 valence electrons. The van der Waals surface area contributed by atoms with Gasteiger partial charge < -0.3 is 14.2 Å². The summed E-state index contributed by atoms with van der Waals surface area (Å²) in [5.74, 6) is -0.789. The third-order valence-electron chi connectivity index (χ3n) is 8.60. The van der Waals surface area contributed by atoms with E-state index in [9.17, 15) is 14.4 Å². The largest absolute Gasteiger partial charge is 0.496 e. The minimum atomic E-state index is -1.42. The van der Waals surface area contributed by atoms with Gasteiger partial charge in [0.25, 0.3) is 0 Å². The van der Waals surface area contributed by atoms with Gasteiger partial charge in [0.1, 0.15) is 17.4 Å². The zero-order chi connectivity index (χ0) is 26.4. The van der Waals surface area contributed by atoms with E-state index >= 15 is 0 Å². The summed E-state index contributed by atoms with van der Waals surface area (Å²) in [5.41, 5.74) is 0.762. The first kappa shape index (κ1) is 26.2. The van der Waals surface area contributed by atoms with E-state index < -0.39 is 29.6 Å². The van der Waals surface area contributed by atoms with E-state index in [1.807, 2.05) is 26.8 Å². The van der Waals surface area contributed by atoms with Gasteiger partial charge in [-0.2, -0.15) is 0 Å². The summed E-state index contributed by atoms with van der Waals surface area (Å²) in [6.07, 6.45) is 5.64. The van der Waals surface area contributed by atoms with E-state index in [4.69, 9.17) is 14.2 Å². The Hall–Kier alpha value is -2.89. The van der Waals surface area contributed by atoms with Gasteiger partial charge in [-0.1, -0.05) is 50.6 Å². The Labute approximate surface area is 214 Å². The molecule has 0 radical (unpaired) electrons. The van der Waals surface area contributed by atoms with Crippen molar-refractivity contribution in [3.63, 3.8) is 0 Å². The van der Waals surface area contributed by atoms with Crippen molar-refractivity contribution in [2.45, 2.75) is 72.5 Å². The van der Waals surface area contributed by atoms with Crippen molar-refractivity contribution >= 4 is 17.7 Å². The lowest BCUT2D eigenvalue weighted by Crippen LogP contribution is -2.48. The molecule has 0 aliphatic heterocycles. The average Bonchev–Trinajstić information content (AvgIpc) is 3.24. The molecular weight excluding hydrogens is 456 g/mol. The Balaban J connectivity index is 1.77. The zero-order valence-electron chi connectivity index (χ0n) is 22.4. The number of fused-ring (bicyclic) bond motifs is 2. The Bertz CT molecular complexity index is 1130. The summed E-state index contributed by atoms with van der Waals surface area (Å²) in [5, 5.41) is 0. The first-order chi connectivity index (χ1) is 16.9. The number of ketones is 1. The number of hydrogen-bond donors (Lipinski definition) is 0. The normalized spacial score (nSPS) is 36.1. The van der Waals surface area contributed by atoms with Gasteiger partial charge in [-0.25, -0.2) is 4.79 Å². The monoisotopic (exact) mass is 494 g/mol. The molecule has 0 spiro atoms. The van der Waals surface area contributed by atoms with Gasteiger partial charge in [0.05, 0.1) is 13.0 Å². The second-order valence-electron chi connectivity index (χ2n) is 11.4. The second kappa shape index (κ2) is 9.53. The van der Waals surface area contributed by atoms with E-state index in [1.165, 1.54) is 14.0 Å². The van der Waals surface area contributed by atoms with Crippen LogP contribution in [0.5, 0.6) is 5.75 Å². The molecule has 3 aliphatic rings. The fourth-order valence-electron chi connectivity index (χ4n) is 6.55. The topological polar surface area (TPSA) is 78.9 Å². The maximum Gasteiger partial charge on any atom is 0.342 e. The molecule has 0 bridgehead atoms. The van der Waals surface area contributed by atoms with E-state index in [0.29, 0.717) is 28.7 Å². The average molecular weight is 495 g/mol. The van der Waals surface area contributed by atoms with Crippen LogP contribution in [0.3, 0.4) is 0 Å². The highest BCUT2D eigenvalue weighted by molar-refractivity contribution is 6.03. The molecule has 1 aromatic rings. The van der Waals surface area contributed by atoms with Crippen LogP contribution in [0.15, 0.2) is 47.6 Å². The molecule has 1 aromatic carbocycles. The van der Waals surface area contributed by atoms with Crippen molar-refractivity contribution in [1.82, 2.24) is 0 Å². The second-order valence-corrected chi connectivity index (χ2v) is 11.4. The van der Waals surface area contributed by atoms with Crippen LogP contribution in [0.25, 0.3) is 0 Å². The van der Waals surface area contributed by atoms with Crippen LogP contribution in [0.2, 0.25) is 0 Å². The molecule has 0 amide bonds. The maximum atomic E-state index is 14.1. The maximum absolute atomic E-state index is 14.1. The van der Waals surface area contributed by atoms with Crippen LogP contribution in [-0.4, -0.2) is 36.5 Å². The summed E-state index contributed by atoms with van der Waals surface area (Å²) in [4.78, 5) is 39.8. The molecule has 3 aliphatic carbocycles. The number of carbonyl (C=O) groups is 3. The van der Waals surface area contributed by atoms with Gasteiger partial charge in [-0.15, -0.1) is 0 Å². The Morgan fingerprint density at radius 1 is 1.06 bits per heavy atom. The molecule has 6 atom stereocenters. The van der Waals surface area contributed by atoms with E-state index in [-0.39, 0.29) is 23.5 Å². The first-order valence-electron chi connectivity index (χ1n) is 12.9. The van der Waals surface area contributed by atoms with Crippen molar-refractivity contribution in [2.24, 2.45) is 29.1 Å². The molecule has 0 unspecified atom stereocenters. The molecule has 2 fully saturated rings. The molecule has 6 nitrogen and oxygen atoms in total. The molecule has 0 heterocycles. The van der Waals surface area contributed by atoms with Crippen molar-refractivity contribution in [3.05, 3.63) is 53.1 Å². The number of esters is 2. The SMILES string of the molecule is COc1ccccc1C(=O)O[C@H]1[C@@H](C)C[C@]2(OC(C)=O)C(=O)/C(C)=C/[C@@H]3[C@H](CC/C(C)=C/[C@@H]12)C3(C)C. The number of rotatable bonds is 4. The number of methoxy groups -OCH3 is 1. The van der Waals surface area contributed by atoms with Gasteiger partial charge in [0, 0.05) is 13.3 Å². The zero-order valence-corrected chi connectivity index (χ0v) is 22.4. The van der Waals surface area contributed by atoms with Crippen LogP contribution in [0.4, 0.5) is 0 Å². The molecule has 36 heavy (non-hydrogen) atoms. The minimum absolute atomic E-state index is 0.144. The Morgan fingerprint density at radius 2 is 1.75 bits per heavy atom. The van der Waals surface area contributed by atoms with Crippen LogP contribution in [-0.2, 0) is 19.1 Å². The Morgan fingerprint density at radius 3 is 2.42 bits per heavy atom.